The van der Waals surface area contributed by atoms with Gasteiger partial charge in [0.05, 0.1) is 12.1 Å². The van der Waals surface area contributed by atoms with Gasteiger partial charge in [-0.25, -0.2) is 4.98 Å². The van der Waals surface area contributed by atoms with E-state index in [1.165, 1.54) is 32.1 Å². The van der Waals surface area contributed by atoms with Crippen molar-refractivity contribution in [2.75, 3.05) is 13.2 Å². The Labute approximate surface area is 116 Å². The summed E-state index contributed by atoms with van der Waals surface area (Å²) in [6, 6.07) is 0.301. The van der Waals surface area contributed by atoms with Gasteiger partial charge in [-0.1, -0.05) is 19.3 Å². The number of imidazole rings is 1. The molecule has 1 heterocycles. The van der Waals surface area contributed by atoms with Crippen LogP contribution in [0.15, 0.2) is 12.4 Å². The summed E-state index contributed by atoms with van der Waals surface area (Å²) in [5.74, 6) is 1.09. The molecule has 19 heavy (non-hydrogen) atoms. The highest BCUT2D eigenvalue weighted by Crippen LogP contribution is 2.20. The first-order valence-electron chi connectivity index (χ1n) is 7.59. The lowest BCUT2D eigenvalue weighted by atomic mass is 9.98. The van der Waals surface area contributed by atoms with Crippen LogP contribution in [-0.4, -0.2) is 28.8 Å². The molecule has 0 saturated heterocycles. The number of hydrogen-bond acceptors (Lipinski definition) is 3. The number of hydrogen-bond donors (Lipinski definition) is 1. The van der Waals surface area contributed by atoms with Gasteiger partial charge in [-0.05, 0) is 32.7 Å². The Morgan fingerprint density at radius 3 is 2.89 bits per heavy atom. The van der Waals surface area contributed by atoms with Gasteiger partial charge in [0.15, 0.2) is 0 Å². The fourth-order valence-electron chi connectivity index (χ4n) is 2.76. The van der Waals surface area contributed by atoms with Crippen LogP contribution in [-0.2, 0) is 11.8 Å². The molecular formula is C15H27N3O. The van der Waals surface area contributed by atoms with Gasteiger partial charge in [0.2, 0.25) is 0 Å². The summed E-state index contributed by atoms with van der Waals surface area (Å²) in [4.78, 5) is 4.36. The fourth-order valence-corrected chi connectivity index (χ4v) is 2.76. The minimum absolute atomic E-state index is 0.301. The molecule has 1 unspecified atom stereocenters. The molecule has 0 aromatic carbocycles. The Balaban J connectivity index is 1.55. The third-order valence-electron chi connectivity index (χ3n) is 3.92. The highest BCUT2D eigenvalue weighted by atomic mass is 16.5. The Morgan fingerprint density at radius 2 is 2.21 bits per heavy atom. The lowest BCUT2D eigenvalue weighted by Crippen LogP contribution is -2.24. The van der Waals surface area contributed by atoms with E-state index in [9.17, 15) is 0 Å². The molecule has 0 bridgehead atoms. The van der Waals surface area contributed by atoms with Crippen molar-refractivity contribution < 1.29 is 4.74 Å². The molecule has 4 nitrogen and oxygen atoms in total. The number of ether oxygens (including phenoxy) is 1. The van der Waals surface area contributed by atoms with E-state index in [4.69, 9.17) is 4.74 Å². The van der Waals surface area contributed by atoms with Crippen molar-refractivity contribution in [3.05, 3.63) is 18.2 Å². The lowest BCUT2D eigenvalue weighted by molar-refractivity contribution is 0.0271. The molecule has 4 heteroatoms. The van der Waals surface area contributed by atoms with Gasteiger partial charge in [0.1, 0.15) is 5.82 Å². The largest absolute Gasteiger partial charge is 0.378 e. The van der Waals surface area contributed by atoms with Crippen LogP contribution in [0.5, 0.6) is 0 Å². The predicted octanol–water partition coefficient (Wildman–Crippen LogP) is 2.81. The van der Waals surface area contributed by atoms with Gasteiger partial charge in [0, 0.05) is 26.0 Å². The molecule has 2 rings (SSSR count). The van der Waals surface area contributed by atoms with Crippen LogP contribution in [0.2, 0.25) is 0 Å². The van der Waals surface area contributed by atoms with Crippen LogP contribution in [0, 0.1) is 0 Å². The summed E-state index contributed by atoms with van der Waals surface area (Å²) in [6.07, 6.45) is 12.0. The molecule has 0 spiro atoms. The Morgan fingerprint density at radius 1 is 1.42 bits per heavy atom. The second kappa shape index (κ2) is 7.65. The van der Waals surface area contributed by atoms with E-state index in [-0.39, 0.29) is 0 Å². The molecule has 1 N–H and O–H groups in total. The van der Waals surface area contributed by atoms with Crippen LogP contribution in [0.1, 0.15) is 57.3 Å². The molecule has 1 fully saturated rings. The molecular weight excluding hydrogens is 238 g/mol. The minimum atomic E-state index is 0.301. The second-order valence-electron chi connectivity index (χ2n) is 5.56. The van der Waals surface area contributed by atoms with E-state index in [1.807, 2.05) is 19.4 Å². The Bertz CT molecular complexity index is 358. The van der Waals surface area contributed by atoms with E-state index >= 15 is 0 Å². The Hall–Kier alpha value is -0.870. The topological polar surface area (TPSA) is 39.1 Å². The first-order chi connectivity index (χ1) is 9.27. The molecule has 1 aromatic rings. The van der Waals surface area contributed by atoms with E-state index in [2.05, 4.69) is 21.8 Å². The summed E-state index contributed by atoms with van der Waals surface area (Å²) in [6.45, 7) is 4.02. The van der Waals surface area contributed by atoms with Crippen LogP contribution in [0.25, 0.3) is 0 Å². The average molecular weight is 265 g/mol. The second-order valence-corrected chi connectivity index (χ2v) is 5.56. The van der Waals surface area contributed by atoms with Gasteiger partial charge < -0.3 is 14.6 Å². The zero-order valence-corrected chi connectivity index (χ0v) is 12.3. The molecule has 0 amide bonds. The van der Waals surface area contributed by atoms with E-state index < -0.39 is 0 Å². The number of aryl methyl sites for hydroxylation is 1. The van der Waals surface area contributed by atoms with Crippen LogP contribution >= 0.6 is 0 Å². The van der Waals surface area contributed by atoms with Gasteiger partial charge >= 0.3 is 0 Å². The van der Waals surface area contributed by atoms with Gasteiger partial charge in [-0.3, -0.25) is 0 Å². The maximum Gasteiger partial charge on any atom is 0.125 e. The standard InChI is InChI=1S/C15H27N3O/c1-13(15-17-10-11-18(15)2)16-9-6-12-19-14-7-4-3-5-8-14/h10-11,13-14,16H,3-9,12H2,1-2H3. The van der Waals surface area contributed by atoms with E-state index in [0.717, 1.165) is 25.4 Å². The van der Waals surface area contributed by atoms with Gasteiger partial charge in [0.25, 0.3) is 0 Å². The number of rotatable bonds is 7. The van der Waals surface area contributed by atoms with Crippen molar-refractivity contribution in [2.24, 2.45) is 7.05 Å². The van der Waals surface area contributed by atoms with Crippen molar-refractivity contribution in [1.82, 2.24) is 14.9 Å². The first-order valence-corrected chi connectivity index (χ1v) is 7.59. The maximum atomic E-state index is 5.92. The van der Waals surface area contributed by atoms with Gasteiger partial charge in [-0.2, -0.15) is 0 Å². The smallest absolute Gasteiger partial charge is 0.125 e. The monoisotopic (exact) mass is 265 g/mol. The first kappa shape index (κ1) is 14.5. The quantitative estimate of drug-likeness (QED) is 0.771. The maximum absolute atomic E-state index is 5.92. The third kappa shape index (κ3) is 4.62. The Kier molecular flexibility index (Phi) is 5.86. The molecule has 1 aliphatic rings. The number of nitrogens with zero attached hydrogens (tertiary/aromatic N) is 2. The molecule has 1 aliphatic carbocycles. The molecule has 108 valence electrons. The van der Waals surface area contributed by atoms with Crippen LogP contribution < -0.4 is 5.32 Å². The summed E-state index contributed by atoms with van der Waals surface area (Å²) < 4.78 is 7.98. The van der Waals surface area contributed by atoms with Crippen LogP contribution in [0.4, 0.5) is 0 Å². The van der Waals surface area contributed by atoms with E-state index in [0.29, 0.717) is 12.1 Å². The average Bonchev–Trinajstić information content (AvgIpc) is 2.86. The summed E-state index contributed by atoms with van der Waals surface area (Å²) in [7, 11) is 2.03. The zero-order valence-electron chi connectivity index (χ0n) is 12.3. The highest BCUT2D eigenvalue weighted by Gasteiger charge is 2.13. The molecule has 1 aromatic heterocycles. The predicted molar refractivity (Wildman–Crippen MR) is 77.1 cm³/mol. The highest BCUT2D eigenvalue weighted by molar-refractivity contribution is 4.96. The number of nitrogens with one attached hydrogen (secondary N) is 1. The van der Waals surface area contributed by atoms with Crippen molar-refractivity contribution >= 4 is 0 Å². The third-order valence-corrected chi connectivity index (χ3v) is 3.92. The zero-order chi connectivity index (χ0) is 13.5. The molecule has 0 radical (unpaired) electrons. The summed E-state index contributed by atoms with van der Waals surface area (Å²) in [5, 5.41) is 3.50. The van der Waals surface area contributed by atoms with Crippen molar-refractivity contribution in [3.8, 4) is 0 Å². The normalized spacial score (nSPS) is 18.6. The van der Waals surface area contributed by atoms with E-state index in [1.54, 1.807) is 0 Å². The van der Waals surface area contributed by atoms with Crippen molar-refractivity contribution in [1.29, 1.82) is 0 Å². The minimum Gasteiger partial charge on any atom is -0.378 e. The fraction of sp³-hybridized carbons (Fsp3) is 0.800. The molecule has 1 atom stereocenters. The van der Waals surface area contributed by atoms with Crippen molar-refractivity contribution in [3.63, 3.8) is 0 Å². The lowest BCUT2D eigenvalue weighted by Gasteiger charge is -2.22. The van der Waals surface area contributed by atoms with Gasteiger partial charge in [-0.15, -0.1) is 0 Å². The van der Waals surface area contributed by atoms with Crippen molar-refractivity contribution in [2.45, 2.75) is 57.6 Å². The van der Waals surface area contributed by atoms with Crippen LogP contribution in [0.3, 0.4) is 0 Å². The molecule has 1 saturated carbocycles. The SMILES string of the molecule is CC(NCCCOC1CCCCC1)c1nccn1C. The molecule has 0 aliphatic heterocycles. The summed E-state index contributed by atoms with van der Waals surface area (Å²) in [5.41, 5.74) is 0. The number of aromatic nitrogens is 2. The summed E-state index contributed by atoms with van der Waals surface area (Å²) >= 11 is 0.